The topological polar surface area (TPSA) is 20.3 Å². The van der Waals surface area contributed by atoms with Crippen LogP contribution in [0.1, 0.15) is 39.5 Å². The van der Waals surface area contributed by atoms with Crippen molar-refractivity contribution in [3.8, 4) is 0 Å². The molecule has 1 heterocycles. The van der Waals surface area contributed by atoms with E-state index in [4.69, 9.17) is 0 Å². The molecule has 1 aliphatic heterocycles. The predicted octanol–water partition coefficient (Wildman–Crippen LogP) is 2.09. The molecule has 2 aliphatic rings. The number of nitrogens with zero attached hydrogens (tertiary/aromatic N) is 1. The first kappa shape index (κ1) is 10.2. The number of hydrogen-bond donors (Lipinski definition) is 0. The van der Waals surface area contributed by atoms with Crippen molar-refractivity contribution in [2.45, 2.75) is 45.6 Å². The zero-order valence-electron chi connectivity index (χ0n) is 9.33. The second-order valence-electron chi connectivity index (χ2n) is 5.20. The Balaban J connectivity index is 1.92. The number of likely N-dealkylation sites (tertiary alicyclic amines) is 1. The van der Waals surface area contributed by atoms with Crippen LogP contribution in [0.4, 0.5) is 0 Å². The first-order valence-electron chi connectivity index (χ1n) is 5.92. The van der Waals surface area contributed by atoms with E-state index >= 15 is 0 Å². The van der Waals surface area contributed by atoms with E-state index in [9.17, 15) is 4.79 Å². The third-order valence-corrected chi connectivity index (χ3v) is 3.99. The van der Waals surface area contributed by atoms with Gasteiger partial charge in [-0.1, -0.05) is 13.8 Å². The molecule has 0 N–H and O–H groups in total. The Kier molecular flexibility index (Phi) is 2.91. The van der Waals surface area contributed by atoms with Crippen LogP contribution in [-0.2, 0) is 4.79 Å². The molecule has 0 aromatic rings. The van der Waals surface area contributed by atoms with Gasteiger partial charge in [0.25, 0.3) is 0 Å². The summed E-state index contributed by atoms with van der Waals surface area (Å²) < 4.78 is 0. The van der Waals surface area contributed by atoms with Crippen molar-refractivity contribution < 1.29 is 4.79 Å². The summed E-state index contributed by atoms with van der Waals surface area (Å²) in [5.41, 5.74) is 0. The SMILES string of the molecule is CC1CN(C2CCCC(=O)C2)CC1C. The van der Waals surface area contributed by atoms with Crippen molar-refractivity contribution in [1.29, 1.82) is 0 Å². The van der Waals surface area contributed by atoms with Crippen LogP contribution in [-0.4, -0.2) is 29.8 Å². The Morgan fingerprint density at radius 3 is 2.43 bits per heavy atom. The summed E-state index contributed by atoms with van der Waals surface area (Å²) in [4.78, 5) is 13.9. The molecular formula is C12H21NO. The van der Waals surface area contributed by atoms with Gasteiger partial charge in [-0.3, -0.25) is 9.69 Å². The van der Waals surface area contributed by atoms with Crippen molar-refractivity contribution in [1.82, 2.24) is 4.90 Å². The van der Waals surface area contributed by atoms with Gasteiger partial charge in [-0.25, -0.2) is 0 Å². The first-order valence-corrected chi connectivity index (χ1v) is 5.92. The van der Waals surface area contributed by atoms with Gasteiger partial charge < -0.3 is 0 Å². The molecule has 1 aliphatic carbocycles. The highest BCUT2D eigenvalue weighted by molar-refractivity contribution is 5.79. The summed E-state index contributed by atoms with van der Waals surface area (Å²) in [6.07, 6.45) is 4.00. The minimum Gasteiger partial charge on any atom is -0.300 e. The van der Waals surface area contributed by atoms with E-state index in [0.29, 0.717) is 11.8 Å². The fourth-order valence-electron chi connectivity index (χ4n) is 2.79. The maximum atomic E-state index is 11.4. The van der Waals surface area contributed by atoms with E-state index < -0.39 is 0 Å². The average molecular weight is 195 g/mol. The van der Waals surface area contributed by atoms with Crippen LogP contribution in [0.15, 0.2) is 0 Å². The molecule has 2 fully saturated rings. The van der Waals surface area contributed by atoms with E-state index in [1.807, 2.05) is 0 Å². The molecule has 0 amide bonds. The zero-order chi connectivity index (χ0) is 10.1. The number of Topliss-reactive ketones (excluding diaryl/α,β-unsaturated/α-hetero) is 1. The highest BCUT2D eigenvalue weighted by atomic mass is 16.1. The lowest BCUT2D eigenvalue weighted by atomic mass is 9.93. The molecule has 0 aromatic heterocycles. The van der Waals surface area contributed by atoms with E-state index in [-0.39, 0.29) is 0 Å². The number of carbonyl (C=O) groups is 1. The molecule has 1 saturated heterocycles. The Morgan fingerprint density at radius 2 is 1.86 bits per heavy atom. The standard InChI is InChI=1S/C12H21NO/c1-9-7-13(8-10(9)2)11-4-3-5-12(14)6-11/h9-11H,3-8H2,1-2H3. The lowest BCUT2D eigenvalue weighted by Crippen LogP contribution is -2.37. The minimum atomic E-state index is 0.480. The maximum absolute atomic E-state index is 11.4. The van der Waals surface area contributed by atoms with Gasteiger partial charge in [-0.05, 0) is 24.7 Å². The van der Waals surface area contributed by atoms with E-state index in [1.54, 1.807) is 0 Å². The third-order valence-electron chi connectivity index (χ3n) is 3.99. The van der Waals surface area contributed by atoms with Crippen molar-refractivity contribution in [2.24, 2.45) is 11.8 Å². The molecule has 2 nitrogen and oxygen atoms in total. The lowest BCUT2D eigenvalue weighted by molar-refractivity contribution is -0.121. The van der Waals surface area contributed by atoms with Crippen LogP contribution in [0.2, 0.25) is 0 Å². The van der Waals surface area contributed by atoms with Gasteiger partial charge in [0, 0.05) is 32.0 Å². The molecule has 0 spiro atoms. The van der Waals surface area contributed by atoms with Gasteiger partial charge in [-0.2, -0.15) is 0 Å². The molecule has 0 bridgehead atoms. The quantitative estimate of drug-likeness (QED) is 0.638. The number of ketones is 1. The molecule has 0 radical (unpaired) electrons. The van der Waals surface area contributed by atoms with Crippen LogP contribution >= 0.6 is 0 Å². The molecule has 2 heteroatoms. The van der Waals surface area contributed by atoms with Gasteiger partial charge in [0.05, 0.1) is 0 Å². The Hall–Kier alpha value is -0.370. The maximum Gasteiger partial charge on any atom is 0.134 e. The molecule has 3 atom stereocenters. The van der Waals surface area contributed by atoms with Gasteiger partial charge in [0.2, 0.25) is 0 Å². The third kappa shape index (κ3) is 2.00. The molecule has 14 heavy (non-hydrogen) atoms. The van der Waals surface area contributed by atoms with E-state index in [1.165, 1.54) is 19.5 Å². The van der Waals surface area contributed by atoms with Crippen LogP contribution in [0.3, 0.4) is 0 Å². The van der Waals surface area contributed by atoms with Gasteiger partial charge >= 0.3 is 0 Å². The van der Waals surface area contributed by atoms with Gasteiger partial charge in [0.15, 0.2) is 0 Å². The zero-order valence-corrected chi connectivity index (χ0v) is 9.33. The summed E-state index contributed by atoms with van der Waals surface area (Å²) >= 11 is 0. The second-order valence-corrected chi connectivity index (χ2v) is 5.20. The summed E-state index contributed by atoms with van der Waals surface area (Å²) in [5, 5.41) is 0. The summed E-state index contributed by atoms with van der Waals surface area (Å²) in [6, 6.07) is 0.573. The van der Waals surface area contributed by atoms with Crippen molar-refractivity contribution >= 4 is 5.78 Å². The van der Waals surface area contributed by atoms with Crippen molar-refractivity contribution in [2.75, 3.05) is 13.1 Å². The molecule has 0 aromatic carbocycles. The number of carbonyl (C=O) groups excluding carboxylic acids is 1. The van der Waals surface area contributed by atoms with Crippen LogP contribution in [0.25, 0.3) is 0 Å². The molecule has 3 unspecified atom stereocenters. The fourth-order valence-corrected chi connectivity index (χ4v) is 2.79. The first-order chi connectivity index (χ1) is 6.66. The number of hydrogen-bond acceptors (Lipinski definition) is 2. The number of rotatable bonds is 1. The van der Waals surface area contributed by atoms with Crippen molar-refractivity contribution in [3.05, 3.63) is 0 Å². The monoisotopic (exact) mass is 195 g/mol. The van der Waals surface area contributed by atoms with Crippen molar-refractivity contribution in [3.63, 3.8) is 0 Å². The lowest BCUT2D eigenvalue weighted by Gasteiger charge is -2.30. The van der Waals surface area contributed by atoms with Gasteiger partial charge in [0.1, 0.15) is 5.78 Å². The van der Waals surface area contributed by atoms with E-state index in [2.05, 4.69) is 18.7 Å². The minimum absolute atomic E-state index is 0.480. The smallest absolute Gasteiger partial charge is 0.134 e. The summed E-state index contributed by atoms with van der Waals surface area (Å²) in [7, 11) is 0. The molecule has 80 valence electrons. The molecular weight excluding hydrogens is 174 g/mol. The largest absolute Gasteiger partial charge is 0.300 e. The van der Waals surface area contributed by atoms with Gasteiger partial charge in [-0.15, -0.1) is 0 Å². The second kappa shape index (κ2) is 4.01. The Labute approximate surface area is 86.7 Å². The van der Waals surface area contributed by atoms with Crippen LogP contribution in [0, 0.1) is 11.8 Å². The fraction of sp³-hybridized carbons (Fsp3) is 0.917. The molecule has 2 rings (SSSR count). The highest BCUT2D eigenvalue weighted by Gasteiger charge is 2.33. The summed E-state index contributed by atoms with van der Waals surface area (Å²) in [5.74, 6) is 2.10. The molecule has 1 saturated carbocycles. The Bertz CT molecular complexity index is 216. The normalized spacial score (nSPS) is 40.4. The van der Waals surface area contributed by atoms with Crippen LogP contribution in [0.5, 0.6) is 0 Å². The average Bonchev–Trinajstić information content (AvgIpc) is 2.47. The Morgan fingerprint density at radius 1 is 1.21 bits per heavy atom. The van der Waals surface area contributed by atoms with E-state index in [0.717, 1.165) is 31.1 Å². The van der Waals surface area contributed by atoms with Crippen LogP contribution < -0.4 is 0 Å². The summed E-state index contributed by atoms with van der Waals surface area (Å²) in [6.45, 7) is 7.07. The highest BCUT2D eigenvalue weighted by Crippen LogP contribution is 2.29. The predicted molar refractivity (Wildman–Crippen MR) is 57.2 cm³/mol.